The van der Waals surface area contributed by atoms with Gasteiger partial charge in [0.1, 0.15) is 5.52 Å². The van der Waals surface area contributed by atoms with E-state index in [0.717, 1.165) is 35.1 Å². The highest BCUT2D eigenvalue weighted by atomic mass is 16.3. The molecule has 0 aliphatic carbocycles. The van der Waals surface area contributed by atoms with Gasteiger partial charge < -0.3 is 15.1 Å². The number of fused-ring (bicyclic) bond motifs is 1. The van der Waals surface area contributed by atoms with Crippen molar-refractivity contribution in [3.05, 3.63) is 24.1 Å². The Hall–Kier alpha value is -1.55. The van der Waals surface area contributed by atoms with E-state index in [1.807, 2.05) is 19.1 Å². The van der Waals surface area contributed by atoms with Gasteiger partial charge >= 0.3 is 0 Å². The van der Waals surface area contributed by atoms with Crippen molar-refractivity contribution < 1.29 is 4.42 Å². The Morgan fingerprint density at radius 2 is 2.44 bits per heavy atom. The van der Waals surface area contributed by atoms with E-state index in [0.29, 0.717) is 0 Å². The van der Waals surface area contributed by atoms with Crippen molar-refractivity contribution in [3.63, 3.8) is 0 Å². The number of hydrogen-bond acceptors (Lipinski definition) is 4. The number of hydrogen-bond donors (Lipinski definition) is 2. The van der Waals surface area contributed by atoms with E-state index in [1.54, 1.807) is 0 Å². The van der Waals surface area contributed by atoms with Crippen LogP contribution in [0.15, 0.2) is 22.6 Å². The van der Waals surface area contributed by atoms with E-state index in [-0.39, 0.29) is 0 Å². The summed E-state index contributed by atoms with van der Waals surface area (Å²) >= 11 is 0. The minimum Gasteiger partial charge on any atom is -0.441 e. The van der Waals surface area contributed by atoms with Gasteiger partial charge in [-0.2, -0.15) is 0 Å². The lowest BCUT2D eigenvalue weighted by atomic mass is 10.1. The number of benzene rings is 1. The van der Waals surface area contributed by atoms with Crippen LogP contribution in [0.5, 0.6) is 0 Å². The zero-order valence-corrected chi connectivity index (χ0v) is 10.7. The summed E-state index contributed by atoms with van der Waals surface area (Å²) in [6.07, 6.45) is 2.53. The second-order valence-corrected chi connectivity index (χ2v) is 4.99. The Balaban J connectivity index is 1.59. The number of rotatable bonds is 4. The van der Waals surface area contributed by atoms with Crippen molar-refractivity contribution in [1.82, 2.24) is 10.3 Å². The third kappa shape index (κ3) is 2.48. The third-order valence-electron chi connectivity index (χ3n) is 3.54. The van der Waals surface area contributed by atoms with Crippen molar-refractivity contribution in [2.75, 3.05) is 25.0 Å². The summed E-state index contributed by atoms with van der Waals surface area (Å²) in [7, 11) is 0. The quantitative estimate of drug-likeness (QED) is 0.869. The molecule has 1 aromatic carbocycles. The molecule has 1 aromatic heterocycles. The molecule has 2 aromatic rings. The Kier molecular flexibility index (Phi) is 3.19. The van der Waals surface area contributed by atoms with E-state index < -0.39 is 0 Å². The number of nitrogens with zero attached hydrogens (tertiary/aromatic N) is 1. The summed E-state index contributed by atoms with van der Waals surface area (Å²) in [6, 6.07) is 6.10. The highest BCUT2D eigenvalue weighted by Gasteiger charge is 2.13. The van der Waals surface area contributed by atoms with Crippen LogP contribution in [0.1, 0.15) is 18.7 Å². The molecule has 18 heavy (non-hydrogen) atoms. The smallest absolute Gasteiger partial charge is 0.192 e. The van der Waals surface area contributed by atoms with E-state index >= 15 is 0 Å². The van der Waals surface area contributed by atoms with Crippen molar-refractivity contribution in [3.8, 4) is 0 Å². The van der Waals surface area contributed by atoms with Crippen molar-refractivity contribution in [2.45, 2.75) is 19.8 Å². The molecule has 0 amide bonds. The molecule has 4 nitrogen and oxygen atoms in total. The van der Waals surface area contributed by atoms with Crippen molar-refractivity contribution in [2.24, 2.45) is 5.92 Å². The maximum absolute atomic E-state index is 5.53. The normalized spacial score (nSPS) is 19.5. The number of anilines is 1. The van der Waals surface area contributed by atoms with Gasteiger partial charge in [0, 0.05) is 25.2 Å². The highest BCUT2D eigenvalue weighted by Crippen LogP contribution is 2.20. The molecule has 2 heterocycles. The Labute approximate surface area is 107 Å². The first-order valence-corrected chi connectivity index (χ1v) is 6.63. The maximum atomic E-state index is 5.53. The van der Waals surface area contributed by atoms with Crippen LogP contribution >= 0.6 is 0 Å². The minimum atomic E-state index is 0.721. The van der Waals surface area contributed by atoms with Crippen LogP contribution in [0, 0.1) is 12.8 Å². The fourth-order valence-corrected chi connectivity index (χ4v) is 2.53. The molecule has 3 rings (SSSR count). The molecule has 1 saturated heterocycles. The van der Waals surface area contributed by atoms with Crippen molar-refractivity contribution in [1.29, 1.82) is 0 Å². The predicted octanol–water partition coefficient (Wildman–Crippen LogP) is 2.55. The molecule has 0 radical (unpaired) electrons. The van der Waals surface area contributed by atoms with Gasteiger partial charge in [0.2, 0.25) is 0 Å². The molecule has 1 atom stereocenters. The first-order valence-electron chi connectivity index (χ1n) is 6.63. The Morgan fingerprint density at radius 1 is 1.50 bits per heavy atom. The van der Waals surface area contributed by atoms with Crippen LogP contribution in [0.3, 0.4) is 0 Å². The van der Waals surface area contributed by atoms with Gasteiger partial charge in [-0.3, -0.25) is 0 Å². The van der Waals surface area contributed by atoms with Gasteiger partial charge in [0.15, 0.2) is 11.5 Å². The third-order valence-corrected chi connectivity index (χ3v) is 3.54. The lowest BCUT2D eigenvalue weighted by molar-refractivity contribution is 0.549. The van der Waals surface area contributed by atoms with Crippen LogP contribution < -0.4 is 10.6 Å². The molecule has 1 unspecified atom stereocenters. The van der Waals surface area contributed by atoms with E-state index in [2.05, 4.69) is 21.7 Å². The molecule has 96 valence electrons. The summed E-state index contributed by atoms with van der Waals surface area (Å²) in [4.78, 5) is 4.29. The largest absolute Gasteiger partial charge is 0.441 e. The van der Waals surface area contributed by atoms with Crippen LogP contribution in [0.25, 0.3) is 11.1 Å². The molecule has 1 aliphatic heterocycles. The molecule has 0 bridgehead atoms. The predicted molar refractivity (Wildman–Crippen MR) is 72.8 cm³/mol. The van der Waals surface area contributed by atoms with Crippen LogP contribution in [0.2, 0.25) is 0 Å². The van der Waals surface area contributed by atoms with Crippen LogP contribution in [-0.4, -0.2) is 24.6 Å². The standard InChI is InChI=1S/C14H19N3O/c1-10-17-13-3-2-12(8-14(13)18-10)16-7-5-11-4-6-15-9-11/h2-3,8,11,15-16H,4-7,9H2,1H3. The zero-order chi connectivity index (χ0) is 12.4. The average molecular weight is 245 g/mol. The van der Waals surface area contributed by atoms with Gasteiger partial charge in [-0.1, -0.05) is 0 Å². The second-order valence-electron chi connectivity index (χ2n) is 4.99. The summed E-state index contributed by atoms with van der Waals surface area (Å²) in [5.74, 6) is 1.55. The first kappa shape index (κ1) is 11.5. The van der Waals surface area contributed by atoms with Gasteiger partial charge in [0.25, 0.3) is 0 Å². The first-order chi connectivity index (χ1) is 8.81. The van der Waals surface area contributed by atoms with E-state index in [1.165, 1.54) is 25.9 Å². The van der Waals surface area contributed by atoms with E-state index in [9.17, 15) is 0 Å². The molecule has 4 heteroatoms. The van der Waals surface area contributed by atoms with Gasteiger partial charge in [0.05, 0.1) is 0 Å². The second kappa shape index (κ2) is 4.98. The monoisotopic (exact) mass is 245 g/mol. The van der Waals surface area contributed by atoms with E-state index in [4.69, 9.17) is 4.42 Å². The summed E-state index contributed by atoms with van der Waals surface area (Å²) in [5.41, 5.74) is 2.91. The van der Waals surface area contributed by atoms with Crippen molar-refractivity contribution >= 4 is 16.8 Å². The Bertz CT molecular complexity index is 529. The minimum absolute atomic E-state index is 0.721. The molecule has 2 N–H and O–H groups in total. The molecule has 0 saturated carbocycles. The summed E-state index contributed by atoms with van der Waals surface area (Å²) < 4.78 is 5.53. The maximum Gasteiger partial charge on any atom is 0.192 e. The summed E-state index contributed by atoms with van der Waals surface area (Å²) in [5, 5.41) is 6.85. The highest BCUT2D eigenvalue weighted by molar-refractivity contribution is 5.77. The molecular weight excluding hydrogens is 226 g/mol. The topological polar surface area (TPSA) is 50.1 Å². The SMILES string of the molecule is Cc1nc2ccc(NCCC3CCNC3)cc2o1. The molecule has 1 aliphatic rings. The van der Waals surface area contributed by atoms with Gasteiger partial charge in [-0.05, 0) is 44.0 Å². The average Bonchev–Trinajstić information content (AvgIpc) is 2.96. The number of aryl methyl sites for hydroxylation is 1. The lowest BCUT2D eigenvalue weighted by Crippen LogP contribution is -2.12. The number of nitrogens with one attached hydrogen (secondary N) is 2. The number of oxazole rings is 1. The summed E-state index contributed by atoms with van der Waals surface area (Å²) in [6.45, 7) is 5.24. The van der Waals surface area contributed by atoms with Gasteiger partial charge in [-0.25, -0.2) is 4.98 Å². The molecular formula is C14H19N3O. The van der Waals surface area contributed by atoms with Crippen LogP contribution in [-0.2, 0) is 0 Å². The van der Waals surface area contributed by atoms with Crippen LogP contribution in [0.4, 0.5) is 5.69 Å². The molecule has 1 fully saturated rings. The molecule has 0 spiro atoms. The fraction of sp³-hybridized carbons (Fsp3) is 0.500. The zero-order valence-electron chi connectivity index (χ0n) is 10.7. The van der Waals surface area contributed by atoms with Gasteiger partial charge in [-0.15, -0.1) is 0 Å². The Morgan fingerprint density at radius 3 is 3.28 bits per heavy atom. The fourth-order valence-electron chi connectivity index (χ4n) is 2.53. The number of aromatic nitrogens is 1. The lowest BCUT2D eigenvalue weighted by Gasteiger charge is -2.10.